The van der Waals surface area contributed by atoms with Crippen LogP contribution in [0.5, 0.6) is 0 Å². The third-order valence-electron chi connectivity index (χ3n) is 1.54. The zero-order valence-electron chi connectivity index (χ0n) is 7.90. The minimum atomic E-state index is -0.342. The molecule has 1 rings (SSSR count). The molecule has 0 aliphatic rings. The van der Waals surface area contributed by atoms with Gasteiger partial charge in [0.25, 0.3) is 0 Å². The molecule has 14 heavy (non-hydrogen) atoms. The summed E-state index contributed by atoms with van der Waals surface area (Å²) < 4.78 is 4.50. The van der Waals surface area contributed by atoms with Gasteiger partial charge in [-0.1, -0.05) is 11.6 Å². The minimum Gasteiger partial charge on any atom is -0.468 e. The fourth-order valence-electron chi connectivity index (χ4n) is 0.831. The molecule has 0 saturated carbocycles. The second-order valence-corrected chi connectivity index (χ2v) is 3.07. The fraction of sp³-hybridized carbons (Fsp3) is 0.375. The molecular weight excluding hydrogens is 206 g/mol. The van der Waals surface area contributed by atoms with Crippen molar-refractivity contribution in [2.24, 2.45) is 0 Å². The first-order chi connectivity index (χ1) is 6.63. The number of nitrogens with zero attached hydrogens (tertiary/aromatic N) is 3. The second kappa shape index (κ2) is 4.76. The Labute approximate surface area is 86.7 Å². The third-order valence-corrected chi connectivity index (χ3v) is 1.74. The number of esters is 1. The van der Waals surface area contributed by atoms with E-state index < -0.39 is 0 Å². The lowest BCUT2D eigenvalue weighted by atomic mass is 10.5. The van der Waals surface area contributed by atoms with Crippen LogP contribution >= 0.6 is 11.6 Å². The van der Waals surface area contributed by atoms with Crippen molar-refractivity contribution >= 4 is 23.5 Å². The SMILES string of the molecule is COC(=O)CN(C)c1ncc(Cl)cn1. The van der Waals surface area contributed by atoms with Gasteiger partial charge < -0.3 is 9.64 Å². The number of rotatable bonds is 3. The lowest BCUT2D eigenvalue weighted by molar-refractivity contribution is -0.138. The molecule has 0 saturated heterocycles. The smallest absolute Gasteiger partial charge is 0.325 e. The lowest BCUT2D eigenvalue weighted by Gasteiger charge is -2.14. The van der Waals surface area contributed by atoms with Crippen molar-refractivity contribution < 1.29 is 9.53 Å². The van der Waals surface area contributed by atoms with Crippen LogP contribution in [-0.4, -0.2) is 36.6 Å². The average molecular weight is 216 g/mol. The normalized spacial score (nSPS) is 9.64. The van der Waals surface area contributed by atoms with Crippen LogP contribution in [0, 0.1) is 0 Å². The topological polar surface area (TPSA) is 55.3 Å². The largest absolute Gasteiger partial charge is 0.468 e. The molecule has 0 amide bonds. The number of hydrogen-bond donors (Lipinski definition) is 0. The number of likely N-dealkylation sites (N-methyl/N-ethyl adjacent to an activating group) is 1. The van der Waals surface area contributed by atoms with E-state index in [4.69, 9.17) is 11.6 Å². The third kappa shape index (κ3) is 2.85. The van der Waals surface area contributed by atoms with Crippen LogP contribution in [0.2, 0.25) is 5.02 Å². The molecule has 1 aromatic heterocycles. The van der Waals surface area contributed by atoms with Crippen molar-refractivity contribution in [2.45, 2.75) is 0 Å². The number of hydrogen-bond acceptors (Lipinski definition) is 5. The Morgan fingerprint density at radius 3 is 2.64 bits per heavy atom. The molecule has 1 aromatic rings. The van der Waals surface area contributed by atoms with Gasteiger partial charge in [0.1, 0.15) is 6.54 Å². The first kappa shape index (κ1) is 10.7. The predicted molar refractivity (Wildman–Crippen MR) is 52.3 cm³/mol. The highest BCUT2D eigenvalue weighted by molar-refractivity contribution is 6.30. The first-order valence-electron chi connectivity index (χ1n) is 3.89. The van der Waals surface area contributed by atoms with Crippen molar-refractivity contribution in [3.05, 3.63) is 17.4 Å². The van der Waals surface area contributed by atoms with Gasteiger partial charge in [0.15, 0.2) is 0 Å². The monoisotopic (exact) mass is 215 g/mol. The Hall–Kier alpha value is -1.36. The quantitative estimate of drug-likeness (QED) is 0.697. The van der Waals surface area contributed by atoms with E-state index in [-0.39, 0.29) is 12.5 Å². The van der Waals surface area contributed by atoms with E-state index in [1.54, 1.807) is 11.9 Å². The summed E-state index contributed by atoms with van der Waals surface area (Å²) in [5.41, 5.74) is 0. The zero-order valence-corrected chi connectivity index (χ0v) is 8.65. The Bertz CT molecular complexity index is 315. The van der Waals surface area contributed by atoms with Crippen LogP contribution in [-0.2, 0) is 9.53 Å². The summed E-state index contributed by atoms with van der Waals surface area (Å²) in [5, 5.41) is 0.459. The van der Waals surface area contributed by atoms with E-state index in [9.17, 15) is 4.79 Å². The highest BCUT2D eigenvalue weighted by Gasteiger charge is 2.08. The molecule has 0 spiro atoms. The van der Waals surface area contributed by atoms with Crippen molar-refractivity contribution in [2.75, 3.05) is 25.6 Å². The summed E-state index contributed by atoms with van der Waals surface area (Å²) in [5.74, 6) is 0.0888. The van der Waals surface area contributed by atoms with E-state index in [1.165, 1.54) is 19.5 Å². The number of aromatic nitrogens is 2. The number of ether oxygens (including phenoxy) is 1. The van der Waals surface area contributed by atoms with Gasteiger partial charge in [-0.05, 0) is 0 Å². The summed E-state index contributed by atoms with van der Waals surface area (Å²) in [6.45, 7) is 0.109. The van der Waals surface area contributed by atoms with Crippen molar-refractivity contribution in [1.82, 2.24) is 9.97 Å². The van der Waals surface area contributed by atoms with Crippen molar-refractivity contribution in [3.8, 4) is 0 Å². The summed E-state index contributed by atoms with van der Waals surface area (Å²) >= 11 is 5.61. The second-order valence-electron chi connectivity index (χ2n) is 2.63. The molecule has 0 unspecified atom stereocenters. The average Bonchev–Trinajstić information content (AvgIpc) is 2.18. The Morgan fingerprint density at radius 2 is 2.14 bits per heavy atom. The maximum absolute atomic E-state index is 10.9. The molecule has 0 fully saturated rings. The van der Waals surface area contributed by atoms with Crippen LogP contribution in [0.15, 0.2) is 12.4 Å². The van der Waals surface area contributed by atoms with Gasteiger partial charge in [0.05, 0.1) is 24.5 Å². The standard InChI is InChI=1S/C8H10ClN3O2/c1-12(5-7(13)14-2)8-10-3-6(9)4-11-8/h3-4H,5H2,1-2H3. The van der Waals surface area contributed by atoms with Crippen molar-refractivity contribution in [1.29, 1.82) is 0 Å². The molecule has 0 atom stereocenters. The Morgan fingerprint density at radius 1 is 1.57 bits per heavy atom. The Balaban J connectivity index is 2.65. The molecule has 0 aromatic carbocycles. The number of carbonyl (C=O) groups excluding carboxylic acids is 1. The number of anilines is 1. The number of methoxy groups -OCH3 is 1. The molecule has 6 heteroatoms. The predicted octanol–water partition coefficient (Wildman–Crippen LogP) is 0.739. The molecule has 0 bridgehead atoms. The summed E-state index contributed by atoms with van der Waals surface area (Å²) in [7, 11) is 3.03. The summed E-state index contributed by atoms with van der Waals surface area (Å²) in [4.78, 5) is 20.4. The van der Waals surface area contributed by atoms with E-state index in [0.717, 1.165) is 0 Å². The van der Waals surface area contributed by atoms with Crippen LogP contribution < -0.4 is 4.90 Å². The van der Waals surface area contributed by atoms with E-state index in [1.807, 2.05) is 0 Å². The van der Waals surface area contributed by atoms with Gasteiger partial charge >= 0.3 is 5.97 Å². The zero-order chi connectivity index (χ0) is 10.6. The number of carbonyl (C=O) groups is 1. The maximum atomic E-state index is 10.9. The highest BCUT2D eigenvalue weighted by Crippen LogP contribution is 2.08. The molecule has 1 heterocycles. The van der Waals surface area contributed by atoms with Crippen LogP contribution in [0.3, 0.4) is 0 Å². The van der Waals surface area contributed by atoms with Gasteiger partial charge in [-0.2, -0.15) is 0 Å². The van der Waals surface area contributed by atoms with Gasteiger partial charge in [-0.25, -0.2) is 9.97 Å². The summed E-state index contributed by atoms with van der Waals surface area (Å²) in [6, 6.07) is 0. The van der Waals surface area contributed by atoms with Gasteiger partial charge in [-0.3, -0.25) is 4.79 Å². The molecule has 0 radical (unpaired) electrons. The van der Waals surface area contributed by atoms with Crippen LogP contribution in [0.1, 0.15) is 0 Å². The van der Waals surface area contributed by atoms with E-state index in [0.29, 0.717) is 11.0 Å². The van der Waals surface area contributed by atoms with Crippen LogP contribution in [0.4, 0.5) is 5.95 Å². The van der Waals surface area contributed by atoms with Crippen LogP contribution in [0.25, 0.3) is 0 Å². The van der Waals surface area contributed by atoms with Gasteiger partial charge in [-0.15, -0.1) is 0 Å². The lowest BCUT2D eigenvalue weighted by Crippen LogP contribution is -2.27. The fourth-order valence-corrected chi connectivity index (χ4v) is 0.929. The van der Waals surface area contributed by atoms with Gasteiger partial charge in [0.2, 0.25) is 5.95 Å². The highest BCUT2D eigenvalue weighted by atomic mass is 35.5. The first-order valence-corrected chi connectivity index (χ1v) is 4.27. The Kier molecular flexibility index (Phi) is 3.64. The molecule has 5 nitrogen and oxygen atoms in total. The number of halogens is 1. The summed E-state index contributed by atoms with van der Waals surface area (Å²) in [6.07, 6.45) is 2.94. The molecule has 0 aliphatic carbocycles. The molecule has 0 aliphatic heterocycles. The van der Waals surface area contributed by atoms with E-state index in [2.05, 4.69) is 14.7 Å². The van der Waals surface area contributed by atoms with Gasteiger partial charge in [0, 0.05) is 7.05 Å². The maximum Gasteiger partial charge on any atom is 0.325 e. The van der Waals surface area contributed by atoms with Crippen molar-refractivity contribution in [3.63, 3.8) is 0 Å². The molecule has 76 valence electrons. The van der Waals surface area contributed by atoms with E-state index >= 15 is 0 Å². The molecular formula is C8H10ClN3O2. The minimum absolute atomic E-state index is 0.109. The molecule has 0 N–H and O–H groups in total.